The average molecular weight is 205 g/mol. The predicted molar refractivity (Wildman–Crippen MR) is 63.1 cm³/mol. The predicted octanol–water partition coefficient (Wildman–Crippen LogP) is 3.38. The largest absolute Gasteiger partial charge is 0.508 e. The number of aromatic hydroxyl groups is 1. The minimum atomic E-state index is 0.332. The molecule has 1 fully saturated rings. The van der Waals surface area contributed by atoms with Crippen LogP contribution >= 0.6 is 0 Å². The first kappa shape index (κ1) is 10.3. The molecule has 0 saturated heterocycles. The first-order valence-corrected chi connectivity index (χ1v) is 5.83. The van der Waals surface area contributed by atoms with Crippen molar-refractivity contribution in [3.63, 3.8) is 0 Å². The second-order valence-electron chi connectivity index (χ2n) is 4.48. The Hall–Kier alpha value is -1.18. The molecule has 2 rings (SSSR count). The van der Waals surface area contributed by atoms with E-state index < -0.39 is 0 Å². The van der Waals surface area contributed by atoms with Crippen molar-refractivity contribution in [2.24, 2.45) is 5.92 Å². The fraction of sp³-hybridized carbons (Fsp3) is 0.538. The molecule has 2 N–H and O–H groups in total. The van der Waals surface area contributed by atoms with Crippen LogP contribution < -0.4 is 5.32 Å². The Morgan fingerprint density at radius 3 is 2.60 bits per heavy atom. The van der Waals surface area contributed by atoms with Gasteiger partial charge < -0.3 is 10.4 Å². The minimum absolute atomic E-state index is 0.332. The average Bonchev–Trinajstić information content (AvgIpc) is 2.69. The summed E-state index contributed by atoms with van der Waals surface area (Å²) in [6.07, 6.45) is 5.22. The highest BCUT2D eigenvalue weighted by atomic mass is 16.3. The molecular formula is C13H19NO. The molecule has 0 radical (unpaired) electrons. The van der Waals surface area contributed by atoms with E-state index in [9.17, 15) is 0 Å². The Morgan fingerprint density at radius 2 is 2.00 bits per heavy atom. The topological polar surface area (TPSA) is 32.3 Å². The molecule has 1 aromatic carbocycles. The summed E-state index contributed by atoms with van der Waals surface area (Å²) in [5.41, 5.74) is 1.12. The van der Waals surface area contributed by atoms with Crippen LogP contribution in [0.25, 0.3) is 0 Å². The first-order chi connectivity index (χ1) is 7.28. The second-order valence-corrected chi connectivity index (χ2v) is 4.48. The molecule has 0 spiro atoms. The van der Waals surface area contributed by atoms with Crippen molar-refractivity contribution < 1.29 is 5.11 Å². The second kappa shape index (κ2) is 4.56. The zero-order valence-corrected chi connectivity index (χ0v) is 9.24. The summed E-state index contributed by atoms with van der Waals surface area (Å²) in [5, 5.41) is 12.7. The van der Waals surface area contributed by atoms with E-state index in [0.717, 1.165) is 11.6 Å². The Labute approximate surface area is 91.3 Å². The van der Waals surface area contributed by atoms with E-state index in [1.54, 1.807) is 12.1 Å². The van der Waals surface area contributed by atoms with Gasteiger partial charge in [-0.05, 0) is 49.4 Å². The van der Waals surface area contributed by atoms with Gasteiger partial charge in [0.1, 0.15) is 5.75 Å². The van der Waals surface area contributed by atoms with Crippen LogP contribution in [0.3, 0.4) is 0 Å². The van der Waals surface area contributed by atoms with Crippen LogP contribution in [0, 0.1) is 5.92 Å². The molecule has 0 amide bonds. The number of phenols is 1. The van der Waals surface area contributed by atoms with Gasteiger partial charge in [0, 0.05) is 11.7 Å². The number of hydrogen-bond acceptors (Lipinski definition) is 2. The third-order valence-corrected chi connectivity index (χ3v) is 3.36. The fourth-order valence-electron chi connectivity index (χ4n) is 2.37. The van der Waals surface area contributed by atoms with Gasteiger partial charge in [-0.3, -0.25) is 0 Å². The van der Waals surface area contributed by atoms with Crippen LogP contribution in [0.15, 0.2) is 24.3 Å². The van der Waals surface area contributed by atoms with Crippen molar-refractivity contribution >= 4 is 5.69 Å². The maximum atomic E-state index is 9.17. The maximum absolute atomic E-state index is 9.17. The smallest absolute Gasteiger partial charge is 0.115 e. The van der Waals surface area contributed by atoms with E-state index in [1.165, 1.54) is 25.7 Å². The van der Waals surface area contributed by atoms with Gasteiger partial charge in [0.15, 0.2) is 0 Å². The van der Waals surface area contributed by atoms with E-state index in [0.29, 0.717) is 11.8 Å². The molecule has 2 nitrogen and oxygen atoms in total. The lowest BCUT2D eigenvalue weighted by atomic mass is 10.1. The monoisotopic (exact) mass is 205 g/mol. The lowest BCUT2D eigenvalue weighted by Crippen LogP contribution is -2.15. The van der Waals surface area contributed by atoms with Gasteiger partial charge in [-0.2, -0.15) is 0 Å². The highest BCUT2D eigenvalue weighted by Gasteiger charge is 2.22. The van der Waals surface area contributed by atoms with Crippen LogP contribution in [-0.4, -0.2) is 11.1 Å². The molecule has 1 aliphatic carbocycles. The molecule has 0 heterocycles. The number of hydrogen-bond donors (Lipinski definition) is 2. The van der Waals surface area contributed by atoms with Crippen LogP contribution in [0.5, 0.6) is 5.75 Å². The Bertz CT molecular complexity index is 307. The SMILES string of the molecule is CCC1CCC(Nc2ccc(O)cc2)C1. The van der Waals surface area contributed by atoms with Crippen molar-refractivity contribution in [2.45, 2.75) is 38.6 Å². The summed E-state index contributed by atoms with van der Waals surface area (Å²) in [4.78, 5) is 0. The molecule has 0 aromatic heterocycles. The van der Waals surface area contributed by atoms with Gasteiger partial charge in [0.05, 0.1) is 0 Å². The maximum Gasteiger partial charge on any atom is 0.115 e. The number of nitrogens with one attached hydrogen (secondary N) is 1. The third kappa shape index (κ3) is 2.65. The van der Waals surface area contributed by atoms with E-state index in [4.69, 9.17) is 5.11 Å². The molecule has 15 heavy (non-hydrogen) atoms. The molecule has 2 heteroatoms. The van der Waals surface area contributed by atoms with Crippen LogP contribution in [0.2, 0.25) is 0 Å². The lowest BCUT2D eigenvalue weighted by molar-refractivity contribution is 0.475. The quantitative estimate of drug-likeness (QED) is 0.741. The van der Waals surface area contributed by atoms with Crippen molar-refractivity contribution in [1.29, 1.82) is 0 Å². The summed E-state index contributed by atoms with van der Waals surface area (Å²) in [6, 6.07) is 7.96. The summed E-state index contributed by atoms with van der Waals surface area (Å²) in [6.45, 7) is 2.27. The van der Waals surface area contributed by atoms with E-state index >= 15 is 0 Å². The summed E-state index contributed by atoms with van der Waals surface area (Å²) < 4.78 is 0. The molecule has 1 saturated carbocycles. The van der Waals surface area contributed by atoms with Crippen LogP contribution in [0.4, 0.5) is 5.69 Å². The van der Waals surface area contributed by atoms with Gasteiger partial charge in [0.25, 0.3) is 0 Å². The van der Waals surface area contributed by atoms with Gasteiger partial charge >= 0.3 is 0 Å². The zero-order valence-electron chi connectivity index (χ0n) is 9.24. The molecular weight excluding hydrogens is 186 g/mol. The minimum Gasteiger partial charge on any atom is -0.508 e. The standard InChI is InChI=1S/C13H19NO/c1-2-10-3-4-12(9-10)14-11-5-7-13(15)8-6-11/h5-8,10,12,14-15H,2-4,9H2,1H3. The molecule has 0 bridgehead atoms. The molecule has 1 aromatic rings. The Balaban J connectivity index is 1.90. The molecule has 2 unspecified atom stereocenters. The Kier molecular flexibility index (Phi) is 3.14. The van der Waals surface area contributed by atoms with Gasteiger partial charge in [-0.15, -0.1) is 0 Å². The normalized spacial score (nSPS) is 25.4. The van der Waals surface area contributed by atoms with Gasteiger partial charge in [-0.25, -0.2) is 0 Å². The highest BCUT2D eigenvalue weighted by molar-refractivity contribution is 5.46. The molecule has 2 atom stereocenters. The van der Waals surface area contributed by atoms with Crippen LogP contribution in [0.1, 0.15) is 32.6 Å². The number of rotatable bonds is 3. The number of phenolic OH excluding ortho intramolecular Hbond substituents is 1. The van der Waals surface area contributed by atoms with Gasteiger partial charge in [0.2, 0.25) is 0 Å². The van der Waals surface area contributed by atoms with Crippen molar-refractivity contribution in [3.05, 3.63) is 24.3 Å². The van der Waals surface area contributed by atoms with E-state index in [2.05, 4.69) is 12.2 Å². The third-order valence-electron chi connectivity index (χ3n) is 3.36. The summed E-state index contributed by atoms with van der Waals surface area (Å²) >= 11 is 0. The van der Waals surface area contributed by atoms with E-state index in [-0.39, 0.29) is 0 Å². The molecule has 82 valence electrons. The number of anilines is 1. The fourth-order valence-corrected chi connectivity index (χ4v) is 2.37. The first-order valence-electron chi connectivity index (χ1n) is 5.83. The van der Waals surface area contributed by atoms with Crippen molar-refractivity contribution in [3.8, 4) is 5.75 Å². The summed E-state index contributed by atoms with van der Waals surface area (Å²) in [5.74, 6) is 1.23. The summed E-state index contributed by atoms with van der Waals surface area (Å²) in [7, 11) is 0. The Morgan fingerprint density at radius 1 is 1.27 bits per heavy atom. The molecule has 0 aliphatic heterocycles. The van der Waals surface area contributed by atoms with E-state index in [1.807, 2.05) is 12.1 Å². The molecule has 1 aliphatic rings. The number of benzene rings is 1. The lowest BCUT2D eigenvalue weighted by Gasteiger charge is -2.14. The zero-order chi connectivity index (χ0) is 10.7. The highest BCUT2D eigenvalue weighted by Crippen LogP contribution is 2.30. The van der Waals surface area contributed by atoms with Crippen molar-refractivity contribution in [2.75, 3.05) is 5.32 Å². The van der Waals surface area contributed by atoms with Gasteiger partial charge in [-0.1, -0.05) is 13.3 Å². The van der Waals surface area contributed by atoms with Crippen molar-refractivity contribution in [1.82, 2.24) is 0 Å². The van der Waals surface area contributed by atoms with Crippen LogP contribution in [-0.2, 0) is 0 Å².